The summed E-state index contributed by atoms with van der Waals surface area (Å²) in [7, 11) is 1.90. The molecule has 98 valence electrons. The SMILES string of the molecule is Cn1c(C(C)(C)C(C)(C)N)nc2ccc(F)cc21. The Kier molecular flexibility index (Phi) is 2.74. The predicted molar refractivity (Wildman–Crippen MR) is 72.0 cm³/mol. The number of hydrogen-bond donors (Lipinski definition) is 1. The number of nitrogens with two attached hydrogens (primary N) is 1. The fourth-order valence-corrected chi connectivity index (χ4v) is 2.01. The fourth-order valence-electron chi connectivity index (χ4n) is 2.01. The van der Waals surface area contributed by atoms with Gasteiger partial charge in [-0.25, -0.2) is 9.37 Å². The van der Waals surface area contributed by atoms with Gasteiger partial charge in [-0.3, -0.25) is 0 Å². The Morgan fingerprint density at radius 2 is 1.83 bits per heavy atom. The van der Waals surface area contributed by atoms with Gasteiger partial charge in [0.1, 0.15) is 11.6 Å². The molecule has 0 aliphatic rings. The second kappa shape index (κ2) is 3.79. The Labute approximate surface area is 107 Å². The molecule has 2 aromatic rings. The molecule has 0 radical (unpaired) electrons. The van der Waals surface area contributed by atoms with E-state index in [0.29, 0.717) is 0 Å². The molecular formula is C14H20FN3. The van der Waals surface area contributed by atoms with Gasteiger partial charge in [0.05, 0.1) is 11.0 Å². The summed E-state index contributed by atoms with van der Waals surface area (Å²) >= 11 is 0. The maximum atomic E-state index is 13.3. The number of nitrogens with zero attached hydrogens (tertiary/aromatic N) is 2. The second-order valence-corrected chi connectivity index (χ2v) is 5.97. The zero-order valence-corrected chi connectivity index (χ0v) is 11.6. The molecule has 0 saturated heterocycles. The lowest BCUT2D eigenvalue weighted by Gasteiger charge is -2.37. The van der Waals surface area contributed by atoms with Gasteiger partial charge < -0.3 is 10.3 Å². The number of rotatable bonds is 2. The molecule has 0 unspecified atom stereocenters. The smallest absolute Gasteiger partial charge is 0.125 e. The number of halogens is 1. The summed E-state index contributed by atoms with van der Waals surface area (Å²) in [6.07, 6.45) is 0. The zero-order valence-electron chi connectivity index (χ0n) is 11.6. The lowest BCUT2D eigenvalue weighted by molar-refractivity contribution is 0.286. The first kappa shape index (κ1) is 13.0. The van der Waals surface area contributed by atoms with Crippen molar-refractivity contribution in [1.29, 1.82) is 0 Å². The average Bonchev–Trinajstić information content (AvgIpc) is 2.55. The third kappa shape index (κ3) is 1.81. The van der Waals surface area contributed by atoms with Crippen LogP contribution in [-0.2, 0) is 12.5 Å². The molecule has 4 heteroatoms. The van der Waals surface area contributed by atoms with Gasteiger partial charge in [-0.05, 0) is 32.0 Å². The molecule has 0 aliphatic carbocycles. The third-order valence-electron chi connectivity index (χ3n) is 4.01. The summed E-state index contributed by atoms with van der Waals surface area (Å²) in [5.41, 5.74) is 7.11. The van der Waals surface area contributed by atoms with E-state index in [1.807, 2.05) is 25.5 Å². The minimum absolute atomic E-state index is 0.248. The summed E-state index contributed by atoms with van der Waals surface area (Å²) in [6, 6.07) is 4.64. The van der Waals surface area contributed by atoms with E-state index < -0.39 is 5.54 Å². The Bertz CT molecular complexity index is 591. The molecule has 0 amide bonds. The van der Waals surface area contributed by atoms with Crippen molar-refractivity contribution in [3.05, 3.63) is 29.8 Å². The van der Waals surface area contributed by atoms with Crippen molar-refractivity contribution in [3.8, 4) is 0 Å². The van der Waals surface area contributed by atoms with Gasteiger partial charge in [0, 0.05) is 18.0 Å². The Hall–Kier alpha value is -1.42. The van der Waals surface area contributed by atoms with Gasteiger partial charge in [-0.2, -0.15) is 0 Å². The lowest BCUT2D eigenvalue weighted by Crippen LogP contribution is -2.51. The van der Waals surface area contributed by atoms with E-state index in [0.717, 1.165) is 16.9 Å². The quantitative estimate of drug-likeness (QED) is 0.889. The molecule has 1 aromatic heterocycles. The molecule has 0 spiro atoms. The predicted octanol–water partition coefficient (Wildman–Crippen LogP) is 2.73. The minimum atomic E-state index is -0.416. The van der Waals surface area contributed by atoms with E-state index >= 15 is 0 Å². The average molecular weight is 249 g/mol. The van der Waals surface area contributed by atoms with E-state index in [1.54, 1.807) is 6.07 Å². The van der Waals surface area contributed by atoms with Crippen molar-refractivity contribution in [2.24, 2.45) is 12.8 Å². The Balaban J connectivity index is 2.70. The van der Waals surface area contributed by atoms with Crippen LogP contribution in [0.4, 0.5) is 4.39 Å². The number of hydrogen-bond acceptors (Lipinski definition) is 2. The van der Waals surface area contributed by atoms with E-state index in [9.17, 15) is 4.39 Å². The second-order valence-electron chi connectivity index (χ2n) is 5.97. The van der Waals surface area contributed by atoms with Crippen molar-refractivity contribution < 1.29 is 4.39 Å². The molecule has 0 bridgehead atoms. The standard InChI is InChI=1S/C14H20FN3/c1-13(2,14(3,4)16)12-17-10-7-6-9(15)8-11(10)18(12)5/h6-8H,16H2,1-5H3. The van der Waals surface area contributed by atoms with Crippen LogP contribution in [0.25, 0.3) is 11.0 Å². The molecule has 2 N–H and O–H groups in total. The number of benzene rings is 1. The highest BCUT2D eigenvalue weighted by Gasteiger charge is 2.38. The van der Waals surface area contributed by atoms with Gasteiger partial charge in [0.2, 0.25) is 0 Å². The first-order chi connectivity index (χ1) is 8.14. The molecule has 1 heterocycles. The first-order valence-corrected chi connectivity index (χ1v) is 6.06. The lowest BCUT2D eigenvalue weighted by atomic mass is 9.74. The third-order valence-corrected chi connectivity index (χ3v) is 4.01. The normalized spacial score (nSPS) is 13.3. The molecule has 0 fully saturated rings. The molecule has 3 nitrogen and oxygen atoms in total. The van der Waals surface area contributed by atoms with Crippen LogP contribution in [0, 0.1) is 5.82 Å². The van der Waals surface area contributed by atoms with Crippen LogP contribution in [0.1, 0.15) is 33.5 Å². The Morgan fingerprint density at radius 1 is 1.22 bits per heavy atom. The summed E-state index contributed by atoms with van der Waals surface area (Å²) < 4.78 is 15.2. The van der Waals surface area contributed by atoms with Crippen molar-refractivity contribution >= 4 is 11.0 Å². The van der Waals surface area contributed by atoms with Crippen molar-refractivity contribution in [2.45, 2.75) is 38.6 Å². The molecule has 0 atom stereocenters. The van der Waals surface area contributed by atoms with Crippen LogP contribution < -0.4 is 5.73 Å². The number of aryl methyl sites for hydroxylation is 1. The molecule has 0 saturated carbocycles. The van der Waals surface area contributed by atoms with E-state index in [2.05, 4.69) is 18.8 Å². The summed E-state index contributed by atoms with van der Waals surface area (Å²) in [5.74, 6) is 0.623. The van der Waals surface area contributed by atoms with Crippen LogP contribution in [0.2, 0.25) is 0 Å². The van der Waals surface area contributed by atoms with E-state index in [1.165, 1.54) is 12.1 Å². The highest BCUT2D eigenvalue weighted by molar-refractivity contribution is 5.76. The van der Waals surface area contributed by atoms with Gasteiger partial charge in [0.15, 0.2) is 0 Å². The van der Waals surface area contributed by atoms with Crippen LogP contribution in [0.3, 0.4) is 0 Å². The number of aromatic nitrogens is 2. The summed E-state index contributed by atoms with van der Waals surface area (Å²) in [5, 5.41) is 0. The Morgan fingerprint density at radius 3 is 2.39 bits per heavy atom. The highest BCUT2D eigenvalue weighted by atomic mass is 19.1. The van der Waals surface area contributed by atoms with Gasteiger partial charge >= 0.3 is 0 Å². The minimum Gasteiger partial charge on any atom is -0.331 e. The first-order valence-electron chi connectivity index (χ1n) is 6.06. The largest absolute Gasteiger partial charge is 0.331 e. The number of fused-ring (bicyclic) bond motifs is 1. The number of imidazole rings is 1. The van der Waals surface area contributed by atoms with E-state index in [4.69, 9.17) is 5.73 Å². The topological polar surface area (TPSA) is 43.8 Å². The van der Waals surface area contributed by atoms with Gasteiger partial charge in [-0.1, -0.05) is 13.8 Å². The zero-order chi connectivity index (χ0) is 13.7. The van der Waals surface area contributed by atoms with Crippen LogP contribution in [0.5, 0.6) is 0 Å². The van der Waals surface area contributed by atoms with Crippen LogP contribution in [-0.4, -0.2) is 15.1 Å². The summed E-state index contributed by atoms with van der Waals surface area (Å²) in [6.45, 7) is 8.08. The molecule has 2 rings (SSSR count). The maximum Gasteiger partial charge on any atom is 0.125 e. The van der Waals surface area contributed by atoms with Crippen molar-refractivity contribution in [3.63, 3.8) is 0 Å². The highest BCUT2D eigenvalue weighted by Crippen LogP contribution is 2.33. The maximum absolute atomic E-state index is 13.3. The fraction of sp³-hybridized carbons (Fsp3) is 0.500. The van der Waals surface area contributed by atoms with Crippen LogP contribution in [0.15, 0.2) is 18.2 Å². The monoisotopic (exact) mass is 249 g/mol. The van der Waals surface area contributed by atoms with Crippen molar-refractivity contribution in [2.75, 3.05) is 0 Å². The van der Waals surface area contributed by atoms with E-state index in [-0.39, 0.29) is 11.2 Å². The van der Waals surface area contributed by atoms with Crippen molar-refractivity contribution in [1.82, 2.24) is 9.55 Å². The molecule has 18 heavy (non-hydrogen) atoms. The molecule has 0 aliphatic heterocycles. The summed E-state index contributed by atoms with van der Waals surface area (Å²) in [4.78, 5) is 4.61. The van der Waals surface area contributed by atoms with Gasteiger partial charge in [-0.15, -0.1) is 0 Å². The van der Waals surface area contributed by atoms with Gasteiger partial charge in [0.25, 0.3) is 0 Å². The molecule has 1 aromatic carbocycles. The molecular weight excluding hydrogens is 229 g/mol. The van der Waals surface area contributed by atoms with Crippen LogP contribution >= 0.6 is 0 Å².